The van der Waals surface area contributed by atoms with Crippen LogP contribution in [0.25, 0.3) is 10.2 Å². The van der Waals surface area contributed by atoms with Gasteiger partial charge in [0.05, 0.1) is 30.0 Å². The van der Waals surface area contributed by atoms with Crippen LogP contribution in [0.3, 0.4) is 0 Å². The zero-order valence-electron chi connectivity index (χ0n) is 21.8. The third kappa shape index (κ3) is 4.58. The molecule has 1 saturated heterocycles. The molecule has 1 unspecified atom stereocenters. The summed E-state index contributed by atoms with van der Waals surface area (Å²) in [5.41, 5.74) is 10.4. The average molecular weight is 552 g/mol. The molecular formula is C32H29N3O4S. The normalized spacial score (nSPS) is 25.2. The van der Waals surface area contributed by atoms with E-state index >= 15 is 0 Å². The van der Waals surface area contributed by atoms with Gasteiger partial charge in [-0.15, -0.1) is 11.3 Å². The summed E-state index contributed by atoms with van der Waals surface area (Å²) in [4.78, 5) is 8.73. The summed E-state index contributed by atoms with van der Waals surface area (Å²) in [5, 5.41) is 2.05. The van der Waals surface area contributed by atoms with Gasteiger partial charge in [-0.25, -0.2) is 9.97 Å². The van der Waals surface area contributed by atoms with Gasteiger partial charge in [0.1, 0.15) is 36.6 Å². The molecule has 7 rings (SSSR count). The molecule has 40 heavy (non-hydrogen) atoms. The predicted octanol–water partition coefficient (Wildman–Crippen LogP) is 5.85. The SMILES string of the molecule is Nc1ncnc2c([C@@H]3O[C@@H]4C(OCc5ccccc5)[C@]4(OCc4ccccc4)[C@H]3OCc3ccccc3)csc12. The quantitative estimate of drug-likeness (QED) is 0.233. The topological polar surface area (TPSA) is 88.7 Å². The summed E-state index contributed by atoms with van der Waals surface area (Å²) in [7, 11) is 0. The van der Waals surface area contributed by atoms with Gasteiger partial charge in [-0.3, -0.25) is 0 Å². The molecule has 0 bridgehead atoms. The minimum Gasteiger partial charge on any atom is -0.382 e. The van der Waals surface area contributed by atoms with E-state index < -0.39 is 17.8 Å². The number of aromatic nitrogens is 2. The molecular weight excluding hydrogens is 522 g/mol. The molecule has 2 aliphatic rings. The van der Waals surface area contributed by atoms with Crippen LogP contribution in [0, 0.1) is 0 Å². The Labute approximate surface area is 236 Å². The van der Waals surface area contributed by atoms with Crippen LogP contribution in [0.15, 0.2) is 103 Å². The largest absolute Gasteiger partial charge is 0.382 e. The molecule has 1 aliphatic heterocycles. The Morgan fingerprint density at radius 3 is 1.95 bits per heavy atom. The third-order valence-electron chi connectivity index (χ3n) is 7.66. The van der Waals surface area contributed by atoms with E-state index in [0.717, 1.165) is 32.5 Å². The van der Waals surface area contributed by atoms with Crippen LogP contribution in [0.1, 0.15) is 28.4 Å². The standard InChI is InChI=1S/C32H29N3O4S/c33-31-27-25(34-20-35-31)24(19-40-27)26-28(36-16-21-10-4-1-5-11-21)32(38-18-23-14-8-3-9-15-23)29(30(32)39-26)37-17-22-12-6-2-7-13-22/h1-15,19-20,26,28-30H,16-18H2,(H2,33,34,35)/t26-,28-,29?,30+,32+/m0/s1. The van der Waals surface area contributed by atoms with Crippen molar-refractivity contribution in [3.8, 4) is 0 Å². The summed E-state index contributed by atoms with van der Waals surface area (Å²) in [5.74, 6) is 0.463. The number of benzene rings is 3. The highest BCUT2D eigenvalue weighted by atomic mass is 32.1. The Morgan fingerprint density at radius 2 is 1.32 bits per heavy atom. The molecule has 2 N–H and O–H groups in total. The minimum atomic E-state index is -0.781. The van der Waals surface area contributed by atoms with Crippen LogP contribution in [0.5, 0.6) is 0 Å². The number of ether oxygens (including phenoxy) is 4. The summed E-state index contributed by atoms with van der Waals surface area (Å²) in [6, 6.07) is 30.5. The lowest BCUT2D eigenvalue weighted by atomic mass is 10.0. The second kappa shape index (κ2) is 10.7. The van der Waals surface area contributed by atoms with Gasteiger partial charge >= 0.3 is 0 Å². The summed E-state index contributed by atoms with van der Waals surface area (Å²) in [6.07, 6.45) is 0.0924. The van der Waals surface area contributed by atoms with Crippen molar-refractivity contribution in [2.75, 3.05) is 5.73 Å². The first kappa shape index (κ1) is 25.3. The van der Waals surface area contributed by atoms with E-state index in [9.17, 15) is 0 Å². The Morgan fingerprint density at radius 1 is 0.750 bits per heavy atom. The second-order valence-corrected chi connectivity index (χ2v) is 11.0. The number of nitrogens with two attached hydrogens (primary N) is 1. The first-order valence-corrected chi connectivity index (χ1v) is 14.2. The lowest BCUT2D eigenvalue weighted by Gasteiger charge is -2.30. The van der Waals surface area contributed by atoms with E-state index in [0.29, 0.717) is 25.6 Å². The molecule has 202 valence electrons. The van der Waals surface area contributed by atoms with Crippen molar-refractivity contribution in [1.82, 2.24) is 9.97 Å². The molecule has 0 spiro atoms. The fourth-order valence-corrected chi connectivity index (χ4v) is 6.55. The van der Waals surface area contributed by atoms with Crippen LogP contribution in [0.4, 0.5) is 5.82 Å². The average Bonchev–Trinajstić information content (AvgIpc) is 3.25. The van der Waals surface area contributed by atoms with Gasteiger partial charge < -0.3 is 24.7 Å². The maximum absolute atomic E-state index is 6.79. The van der Waals surface area contributed by atoms with E-state index in [1.165, 1.54) is 17.7 Å². The van der Waals surface area contributed by atoms with Gasteiger partial charge in [0.2, 0.25) is 0 Å². The van der Waals surface area contributed by atoms with Gasteiger partial charge in [-0.1, -0.05) is 91.0 Å². The lowest BCUT2D eigenvalue weighted by molar-refractivity contribution is -0.144. The van der Waals surface area contributed by atoms with Gasteiger partial charge in [0, 0.05) is 5.56 Å². The second-order valence-electron chi connectivity index (χ2n) is 10.2. The zero-order chi connectivity index (χ0) is 26.9. The van der Waals surface area contributed by atoms with Crippen molar-refractivity contribution in [3.05, 3.63) is 125 Å². The Bertz CT molecular complexity index is 1580. The van der Waals surface area contributed by atoms with Crippen molar-refractivity contribution < 1.29 is 18.9 Å². The fourth-order valence-electron chi connectivity index (χ4n) is 5.60. The molecule has 0 amide bonds. The number of nitrogen functional groups attached to an aromatic ring is 1. The van der Waals surface area contributed by atoms with Crippen molar-refractivity contribution >= 4 is 27.4 Å². The van der Waals surface area contributed by atoms with Crippen LogP contribution >= 0.6 is 11.3 Å². The zero-order valence-corrected chi connectivity index (χ0v) is 22.6. The third-order valence-corrected chi connectivity index (χ3v) is 8.67. The number of nitrogens with zero attached hydrogens (tertiary/aromatic N) is 2. The number of hydrogen-bond donors (Lipinski definition) is 1. The highest BCUT2D eigenvalue weighted by Crippen LogP contribution is 2.61. The smallest absolute Gasteiger partial charge is 0.155 e. The van der Waals surface area contributed by atoms with Gasteiger partial charge in [-0.2, -0.15) is 0 Å². The molecule has 5 aromatic rings. The summed E-state index contributed by atoms with van der Waals surface area (Å²) < 4.78 is 27.6. The summed E-state index contributed by atoms with van der Waals surface area (Å²) >= 11 is 1.52. The monoisotopic (exact) mass is 551 g/mol. The van der Waals surface area contributed by atoms with Crippen LogP contribution in [-0.2, 0) is 38.8 Å². The molecule has 1 saturated carbocycles. The van der Waals surface area contributed by atoms with Crippen molar-refractivity contribution in [1.29, 1.82) is 0 Å². The first-order chi connectivity index (χ1) is 19.7. The van der Waals surface area contributed by atoms with E-state index in [-0.39, 0.29) is 12.2 Å². The lowest BCUT2D eigenvalue weighted by Crippen LogP contribution is -2.40. The van der Waals surface area contributed by atoms with Crippen LogP contribution in [-0.4, -0.2) is 33.9 Å². The van der Waals surface area contributed by atoms with Gasteiger partial charge in [0.25, 0.3) is 0 Å². The number of anilines is 1. The van der Waals surface area contributed by atoms with E-state index in [4.69, 9.17) is 24.7 Å². The molecule has 3 heterocycles. The molecule has 7 nitrogen and oxygen atoms in total. The Kier molecular flexibility index (Phi) is 6.79. The van der Waals surface area contributed by atoms with Crippen LogP contribution < -0.4 is 5.73 Å². The minimum absolute atomic E-state index is 0.280. The number of rotatable bonds is 10. The number of thiophene rings is 1. The van der Waals surface area contributed by atoms with Gasteiger partial charge in [0.15, 0.2) is 5.60 Å². The molecule has 2 fully saturated rings. The number of hydrogen-bond acceptors (Lipinski definition) is 8. The maximum Gasteiger partial charge on any atom is 0.155 e. The molecule has 2 aromatic heterocycles. The Hall–Kier alpha value is -3.66. The predicted molar refractivity (Wildman–Crippen MR) is 153 cm³/mol. The Balaban J connectivity index is 1.23. The van der Waals surface area contributed by atoms with Crippen molar-refractivity contribution in [2.24, 2.45) is 0 Å². The fraction of sp³-hybridized carbons (Fsp3) is 0.250. The molecule has 8 heteroatoms. The van der Waals surface area contributed by atoms with Crippen molar-refractivity contribution in [3.63, 3.8) is 0 Å². The van der Waals surface area contributed by atoms with Gasteiger partial charge in [-0.05, 0) is 22.1 Å². The maximum atomic E-state index is 6.79. The number of fused-ring (bicyclic) bond motifs is 2. The van der Waals surface area contributed by atoms with E-state index in [1.807, 2.05) is 54.6 Å². The summed E-state index contributed by atoms with van der Waals surface area (Å²) in [6.45, 7) is 1.30. The van der Waals surface area contributed by atoms with E-state index in [1.54, 1.807) is 0 Å². The van der Waals surface area contributed by atoms with Crippen molar-refractivity contribution in [2.45, 2.75) is 49.8 Å². The highest BCUT2D eigenvalue weighted by Gasteiger charge is 2.80. The first-order valence-electron chi connectivity index (χ1n) is 13.4. The highest BCUT2D eigenvalue weighted by molar-refractivity contribution is 7.18. The molecule has 3 aromatic carbocycles. The van der Waals surface area contributed by atoms with Crippen LogP contribution in [0.2, 0.25) is 0 Å². The van der Waals surface area contributed by atoms with E-state index in [2.05, 4.69) is 51.7 Å². The molecule has 1 aliphatic carbocycles. The molecule has 0 radical (unpaired) electrons. The molecule has 5 atom stereocenters.